The lowest BCUT2D eigenvalue weighted by atomic mass is 9.77. The number of carbonyl (C=O) groups is 4. The van der Waals surface area contributed by atoms with Crippen LogP contribution in [0.15, 0.2) is 66.7 Å². The summed E-state index contributed by atoms with van der Waals surface area (Å²) in [6, 6.07) is 17.2. The number of benzene rings is 3. The molecule has 0 N–H and O–H groups in total. The molecule has 37 heavy (non-hydrogen) atoms. The molecule has 6 rings (SSSR count). The summed E-state index contributed by atoms with van der Waals surface area (Å²) < 4.78 is 20.1. The van der Waals surface area contributed by atoms with Gasteiger partial charge < -0.3 is 4.74 Å². The number of ether oxygens (including phenoxy) is 1. The Balaban J connectivity index is 1.52. The van der Waals surface area contributed by atoms with Gasteiger partial charge in [-0.2, -0.15) is 0 Å². The highest BCUT2D eigenvalue weighted by atomic mass is 35.5. The quantitative estimate of drug-likeness (QED) is 0.348. The minimum absolute atomic E-state index is 0.0651. The van der Waals surface area contributed by atoms with Crippen molar-refractivity contribution in [2.24, 2.45) is 11.8 Å². The molecule has 2 aliphatic heterocycles. The molecular formula is C29H21ClFNO5. The van der Waals surface area contributed by atoms with Crippen LogP contribution in [0.3, 0.4) is 0 Å². The number of amides is 2. The van der Waals surface area contributed by atoms with Crippen molar-refractivity contribution in [1.29, 1.82) is 0 Å². The Labute approximate surface area is 217 Å². The summed E-state index contributed by atoms with van der Waals surface area (Å²) in [6.07, 6.45) is -1.02. The summed E-state index contributed by atoms with van der Waals surface area (Å²) in [7, 11) is 0. The standard InChI is InChI=1S/C29H21ClFNO5/c1-14(2)15-7-9-16(10-8-15)24-22-23(28(36)32(27(22)35)17-11-12-21(31)20(30)13-17)29(37-24)25(33)18-5-3-4-6-19(18)26(29)34/h3-14,22-24H,1-2H3/t22-,23-,24+/m1/s1. The molecule has 3 aromatic rings. The number of hydrogen-bond donors (Lipinski definition) is 0. The molecule has 6 nitrogen and oxygen atoms in total. The van der Waals surface area contributed by atoms with Crippen LogP contribution in [0.1, 0.15) is 57.7 Å². The first kappa shape index (κ1) is 23.7. The first-order valence-electron chi connectivity index (χ1n) is 12.0. The van der Waals surface area contributed by atoms with Crippen LogP contribution < -0.4 is 4.90 Å². The lowest BCUT2D eigenvalue weighted by Crippen LogP contribution is -2.51. The Bertz CT molecular complexity index is 1480. The molecule has 0 radical (unpaired) electrons. The molecule has 2 saturated heterocycles. The van der Waals surface area contributed by atoms with E-state index in [9.17, 15) is 23.6 Å². The van der Waals surface area contributed by atoms with Gasteiger partial charge in [0.05, 0.1) is 28.6 Å². The fraction of sp³-hybridized carbons (Fsp3) is 0.241. The van der Waals surface area contributed by atoms with E-state index in [4.69, 9.17) is 16.3 Å². The molecule has 8 heteroatoms. The minimum atomic E-state index is -2.17. The zero-order chi connectivity index (χ0) is 26.2. The van der Waals surface area contributed by atoms with Gasteiger partial charge in [0.1, 0.15) is 5.82 Å². The number of ketones is 2. The van der Waals surface area contributed by atoms with Crippen LogP contribution in [0, 0.1) is 17.7 Å². The van der Waals surface area contributed by atoms with E-state index < -0.39 is 52.7 Å². The topological polar surface area (TPSA) is 80.8 Å². The third-order valence-electron chi connectivity index (χ3n) is 7.61. The van der Waals surface area contributed by atoms with E-state index in [0.29, 0.717) is 5.56 Å². The van der Waals surface area contributed by atoms with Gasteiger partial charge in [-0.1, -0.05) is 74.0 Å². The number of rotatable bonds is 3. The number of fused-ring (bicyclic) bond motifs is 3. The molecule has 2 fully saturated rings. The van der Waals surface area contributed by atoms with E-state index in [1.807, 2.05) is 26.0 Å². The molecule has 2 heterocycles. The molecule has 0 bridgehead atoms. The van der Waals surface area contributed by atoms with Crippen LogP contribution >= 0.6 is 11.6 Å². The number of carbonyl (C=O) groups excluding carboxylic acids is 4. The number of nitrogens with zero attached hydrogens (tertiary/aromatic N) is 1. The average molecular weight is 518 g/mol. The van der Waals surface area contributed by atoms with Gasteiger partial charge in [0.15, 0.2) is 0 Å². The summed E-state index contributed by atoms with van der Waals surface area (Å²) >= 11 is 5.94. The van der Waals surface area contributed by atoms with Gasteiger partial charge in [-0.05, 0) is 35.2 Å². The minimum Gasteiger partial charge on any atom is -0.349 e. The van der Waals surface area contributed by atoms with Gasteiger partial charge in [-0.3, -0.25) is 19.2 Å². The highest BCUT2D eigenvalue weighted by Gasteiger charge is 2.74. The Kier molecular flexibility index (Phi) is 5.23. The van der Waals surface area contributed by atoms with E-state index in [-0.39, 0.29) is 27.8 Å². The molecular weight excluding hydrogens is 497 g/mol. The fourth-order valence-corrected chi connectivity index (χ4v) is 5.94. The predicted molar refractivity (Wildman–Crippen MR) is 133 cm³/mol. The Morgan fingerprint density at radius 3 is 2.08 bits per heavy atom. The summed E-state index contributed by atoms with van der Waals surface area (Å²) in [4.78, 5) is 56.2. The van der Waals surface area contributed by atoms with E-state index >= 15 is 0 Å². The second kappa shape index (κ2) is 8.16. The summed E-state index contributed by atoms with van der Waals surface area (Å²) in [5.41, 5.74) is -0.148. The molecule has 1 spiro atoms. The first-order valence-corrected chi connectivity index (χ1v) is 12.3. The maximum Gasteiger partial charge on any atom is 0.241 e. The maximum absolute atomic E-state index is 13.9. The third-order valence-corrected chi connectivity index (χ3v) is 7.90. The Morgan fingerprint density at radius 2 is 1.51 bits per heavy atom. The molecule has 0 aromatic heterocycles. The van der Waals surface area contributed by atoms with Crippen molar-refractivity contribution in [2.75, 3.05) is 4.90 Å². The number of hydrogen-bond acceptors (Lipinski definition) is 5. The second-order valence-electron chi connectivity index (χ2n) is 9.91. The zero-order valence-corrected chi connectivity index (χ0v) is 20.7. The van der Waals surface area contributed by atoms with Crippen LogP contribution in [0.2, 0.25) is 5.02 Å². The van der Waals surface area contributed by atoms with Crippen LogP contribution in [-0.2, 0) is 14.3 Å². The maximum atomic E-state index is 13.9. The van der Waals surface area contributed by atoms with Gasteiger partial charge in [-0.15, -0.1) is 0 Å². The van der Waals surface area contributed by atoms with Gasteiger partial charge in [-0.25, -0.2) is 9.29 Å². The van der Waals surface area contributed by atoms with Crippen LogP contribution in [-0.4, -0.2) is 29.0 Å². The first-order chi connectivity index (χ1) is 17.7. The molecule has 2 amide bonds. The lowest BCUT2D eigenvalue weighted by molar-refractivity contribution is -0.127. The monoisotopic (exact) mass is 517 g/mol. The highest BCUT2D eigenvalue weighted by molar-refractivity contribution is 6.37. The van der Waals surface area contributed by atoms with Crippen molar-refractivity contribution >= 4 is 40.7 Å². The van der Waals surface area contributed by atoms with Gasteiger partial charge in [0.25, 0.3) is 0 Å². The van der Waals surface area contributed by atoms with Crippen molar-refractivity contribution in [1.82, 2.24) is 0 Å². The summed E-state index contributed by atoms with van der Waals surface area (Å²) in [5.74, 6) is -5.62. The molecule has 186 valence electrons. The van der Waals surface area contributed by atoms with E-state index in [2.05, 4.69) is 0 Å². The Hall–Kier alpha value is -3.68. The van der Waals surface area contributed by atoms with Crippen molar-refractivity contribution in [2.45, 2.75) is 31.5 Å². The van der Waals surface area contributed by atoms with Crippen molar-refractivity contribution in [3.8, 4) is 0 Å². The Morgan fingerprint density at radius 1 is 0.892 bits per heavy atom. The number of Topliss-reactive ketones (excluding diaryl/α,β-unsaturated/α-hetero) is 2. The van der Waals surface area contributed by atoms with Gasteiger partial charge >= 0.3 is 0 Å². The van der Waals surface area contributed by atoms with Crippen molar-refractivity contribution < 1.29 is 28.3 Å². The summed E-state index contributed by atoms with van der Waals surface area (Å²) in [6.45, 7) is 4.09. The molecule has 1 aliphatic carbocycles. The highest BCUT2D eigenvalue weighted by Crippen LogP contribution is 2.57. The van der Waals surface area contributed by atoms with E-state index in [0.717, 1.165) is 16.5 Å². The van der Waals surface area contributed by atoms with E-state index in [1.165, 1.54) is 24.3 Å². The largest absolute Gasteiger partial charge is 0.349 e. The lowest BCUT2D eigenvalue weighted by Gasteiger charge is -2.27. The molecule has 3 atom stereocenters. The predicted octanol–water partition coefficient (Wildman–Crippen LogP) is 5.30. The molecule has 0 saturated carbocycles. The van der Waals surface area contributed by atoms with Crippen LogP contribution in [0.4, 0.5) is 10.1 Å². The van der Waals surface area contributed by atoms with Gasteiger partial charge in [0.2, 0.25) is 29.0 Å². The average Bonchev–Trinajstić information content (AvgIpc) is 3.46. The smallest absolute Gasteiger partial charge is 0.241 e. The second-order valence-corrected chi connectivity index (χ2v) is 10.3. The third kappa shape index (κ3) is 3.14. The number of imide groups is 1. The summed E-state index contributed by atoms with van der Waals surface area (Å²) in [5, 5.41) is -0.262. The molecule has 3 aromatic carbocycles. The SMILES string of the molecule is CC(C)c1ccc([C@@H]2OC3(C(=O)c4ccccc4C3=O)[C@H]3C(=O)N(c4ccc(F)c(Cl)c4)C(=O)[C@@H]23)cc1. The van der Waals surface area contributed by atoms with Crippen molar-refractivity contribution in [3.63, 3.8) is 0 Å². The van der Waals surface area contributed by atoms with Crippen LogP contribution in [0.5, 0.6) is 0 Å². The van der Waals surface area contributed by atoms with Crippen molar-refractivity contribution in [3.05, 3.63) is 99.8 Å². The number of halogens is 2. The van der Waals surface area contributed by atoms with Crippen LogP contribution in [0.25, 0.3) is 0 Å². The fourth-order valence-electron chi connectivity index (χ4n) is 5.77. The van der Waals surface area contributed by atoms with Gasteiger partial charge in [0, 0.05) is 11.1 Å². The number of anilines is 1. The zero-order valence-electron chi connectivity index (χ0n) is 19.9. The molecule has 0 unspecified atom stereocenters. The van der Waals surface area contributed by atoms with E-state index in [1.54, 1.807) is 24.3 Å². The molecule has 3 aliphatic rings. The normalized spacial score (nSPS) is 23.9.